The van der Waals surface area contributed by atoms with E-state index in [9.17, 15) is 4.79 Å². The lowest BCUT2D eigenvalue weighted by Crippen LogP contribution is -2.09. The summed E-state index contributed by atoms with van der Waals surface area (Å²) in [7, 11) is 1.65. The molecule has 5 aromatic rings. The molecule has 4 heteroatoms. The lowest BCUT2D eigenvalue weighted by Gasteiger charge is -2.14. The van der Waals surface area contributed by atoms with Crippen molar-refractivity contribution in [3.63, 3.8) is 0 Å². The minimum absolute atomic E-state index is 0.189. The van der Waals surface area contributed by atoms with Crippen LogP contribution in [0.5, 0.6) is 5.75 Å². The molecule has 1 N–H and O–H groups in total. The van der Waals surface area contributed by atoms with Crippen molar-refractivity contribution < 1.29 is 13.9 Å². The van der Waals surface area contributed by atoms with Crippen LogP contribution in [0.1, 0.15) is 29.2 Å². The zero-order valence-corrected chi connectivity index (χ0v) is 21.2. The summed E-state index contributed by atoms with van der Waals surface area (Å²) in [6.07, 6.45) is 3.44. The van der Waals surface area contributed by atoms with Gasteiger partial charge < -0.3 is 14.5 Å². The highest BCUT2D eigenvalue weighted by molar-refractivity contribution is 6.09. The Bertz CT molecular complexity index is 1650. The summed E-state index contributed by atoms with van der Waals surface area (Å²) in [5.41, 5.74) is 8.72. The van der Waals surface area contributed by atoms with E-state index < -0.39 is 0 Å². The predicted octanol–water partition coefficient (Wildman–Crippen LogP) is 8.23. The van der Waals surface area contributed by atoms with Gasteiger partial charge in [0.15, 0.2) is 0 Å². The fraction of sp³-hybridized carbons (Fsp3) is 0.156. The standard InChI is InChI=1S/C32H29NO3/c1-19-13-14-24(20(2)15-19)28-18-36-32-22(4)31(35-5)26(17-27(28)32)21(3)16-30(34)33-29-12-8-10-23-9-6-7-11-25(23)29/h6-18H,1-5H3,(H,33,34)/b21-16+. The van der Waals surface area contributed by atoms with Gasteiger partial charge in [-0.1, -0.05) is 60.2 Å². The Morgan fingerprint density at radius 3 is 2.47 bits per heavy atom. The van der Waals surface area contributed by atoms with E-state index >= 15 is 0 Å². The molecule has 0 radical (unpaired) electrons. The van der Waals surface area contributed by atoms with Crippen molar-refractivity contribution in [3.05, 3.63) is 101 Å². The van der Waals surface area contributed by atoms with Crippen LogP contribution in [0.25, 0.3) is 38.4 Å². The number of carbonyl (C=O) groups is 1. The van der Waals surface area contributed by atoms with Gasteiger partial charge in [-0.05, 0) is 61.9 Å². The number of rotatable bonds is 5. The number of fused-ring (bicyclic) bond motifs is 2. The van der Waals surface area contributed by atoms with Crippen LogP contribution in [0.4, 0.5) is 5.69 Å². The molecule has 1 heterocycles. The number of anilines is 1. The quantitative estimate of drug-likeness (QED) is 0.261. The second-order valence-corrected chi connectivity index (χ2v) is 9.27. The highest BCUT2D eigenvalue weighted by Gasteiger charge is 2.19. The minimum atomic E-state index is -0.189. The van der Waals surface area contributed by atoms with Gasteiger partial charge in [0.2, 0.25) is 5.91 Å². The summed E-state index contributed by atoms with van der Waals surface area (Å²) in [6, 6.07) is 22.4. The third-order valence-electron chi connectivity index (χ3n) is 6.74. The van der Waals surface area contributed by atoms with E-state index in [0.717, 1.165) is 55.3 Å². The van der Waals surface area contributed by atoms with Crippen LogP contribution >= 0.6 is 0 Å². The summed E-state index contributed by atoms with van der Waals surface area (Å²) in [5.74, 6) is 0.515. The van der Waals surface area contributed by atoms with Crippen LogP contribution < -0.4 is 10.1 Å². The van der Waals surface area contributed by atoms with Gasteiger partial charge >= 0.3 is 0 Å². The molecule has 0 unspecified atom stereocenters. The fourth-order valence-corrected chi connectivity index (χ4v) is 4.97. The number of methoxy groups -OCH3 is 1. The van der Waals surface area contributed by atoms with Gasteiger partial charge in [-0.2, -0.15) is 0 Å². The number of carbonyl (C=O) groups excluding carboxylic acids is 1. The summed E-state index contributed by atoms with van der Waals surface area (Å²) in [4.78, 5) is 13.1. The molecule has 0 aliphatic rings. The molecule has 5 rings (SSSR count). The largest absolute Gasteiger partial charge is 0.496 e. The number of ether oxygens (including phenoxy) is 1. The first-order valence-corrected chi connectivity index (χ1v) is 12.0. The van der Waals surface area contributed by atoms with Gasteiger partial charge in [0.25, 0.3) is 0 Å². The van der Waals surface area contributed by atoms with Gasteiger partial charge in [0, 0.05) is 39.2 Å². The number of aryl methyl sites for hydroxylation is 3. The number of hydrogen-bond acceptors (Lipinski definition) is 3. The molecule has 1 amide bonds. The lowest BCUT2D eigenvalue weighted by atomic mass is 9.94. The van der Waals surface area contributed by atoms with E-state index in [4.69, 9.17) is 9.15 Å². The van der Waals surface area contributed by atoms with Crippen molar-refractivity contribution in [2.24, 2.45) is 0 Å². The molecule has 0 aliphatic heterocycles. The third-order valence-corrected chi connectivity index (χ3v) is 6.74. The molecule has 0 atom stereocenters. The van der Waals surface area contributed by atoms with Gasteiger partial charge in [0.05, 0.1) is 13.4 Å². The third kappa shape index (κ3) is 4.16. The zero-order valence-electron chi connectivity index (χ0n) is 21.2. The van der Waals surface area contributed by atoms with Crippen molar-refractivity contribution in [3.8, 4) is 16.9 Å². The van der Waals surface area contributed by atoms with E-state index in [1.54, 1.807) is 13.2 Å². The van der Waals surface area contributed by atoms with Crippen LogP contribution in [0.2, 0.25) is 0 Å². The van der Waals surface area contributed by atoms with Gasteiger partial charge in [0.1, 0.15) is 11.3 Å². The van der Waals surface area contributed by atoms with Crippen molar-refractivity contribution in [2.45, 2.75) is 27.7 Å². The van der Waals surface area contributed by atoms with Crippen molar-refractivity contribution in [2.75, 3.05) is 12.4 Å². The second-order valence-electron chi connectivity index (χ2n) is 9.27. The van der Waals surface area contributed by atoms with Crippen LogP contribution in [0.15, 0.2) is 83.5 Å². The molecular formula is C32H29NO3. The predicted molar refractivity (Wildman–Crippen MR) is 149 cm³/mol. The molecule has 0 aliphatic carbocycles. The van der Waals surface area contributed by atoms with Crippen molar-refractivity contribution in [1.82, 2.24) is 0 Å². The number of allylic oxidation sites excluding steroid dienone is 1. The van der Waals surface area contributed by atoms with Crippen LogP contribution in [-0.4, -0.2) is 13.0 Å². The number of amides is 1. The summed E-state index contributed by atoms with van der Waals surface area (Å²) < 4.78 is 11.8. The summed E-state index contributed by atoms with van der Waals surface area (Å²) in [5, 5.41) is 6.13. The maximum Gasteiger partial charge on any atom is 0.248 e. The Balaban J connectivity index is 1.57. The molecule has 0 fully saturated rings. The molecule has 180 valence electrons. The molecule has 1 aromatic heterocycles. The Hall–Kier alpha value is -4.31. The number of hydrogen-bond donors (Lipinski definition) is 1. The summed E-state index contributed by atoms with van der Waals surface area (Å²) >= 11 is 0. The number of nitrogens with one attached hydrogen (secondary N) is 1. The Morgan fingerprint density at radius 2 is 1.69 bits per heavy atom. The fourth-order valence-electron chi connectivity index (χ4n) is 4.97. The van der Waals surface area contributed by atoms with Crippen molar-refractivity contribution in [1.29, 1.82) is 0 Å². The molecule has 0 saturated heterocycles. The van der Waals surface area contributed by atoms with Crippen LogP contribution in [-0.2, 0) is 4.79 Å². The molecule has 4 nitrogen and oxygen atoms in total. The topological polar surface area (TPSA) is 51.5 Å². The smallest absolute Gasteiger partial charge is 0.248 e. The Kier molecular flexibility index (Phi) is 6.11. The van der Waals surface area contributed by atoms with E-state index in [1.807, 2.05) is 62.6 Å². The first-order chi connectivity index (χ1) is 17.4. The first-order valence-electron chi connectivity index (χ1n) is 12.0. The average Bonchev–Trinajstić information content (AvgIpc) is 3.28. The van der Waals surface area contributed by atoms with Crippen molar-refractivity contribution >= 4 is 38.9 Å². The molecule has 0 spiro atoms. The van der Waals surface area contributed by atoms with Crippen LogP contribution in [0, 0.1) is 20.8 Å². The van der Waals surface area contributed by atoms with Gasteiger partial charge in [-0.3, -0.25) is 4.79 Å². The van der Waals surface area contributed by atoms with E-state index in [2.05, 4.69) is 43.4 Å². The molecule has 4 aromatic carbocycles. The number of furan rings is 1. The maximum atomic E-state index is 13.1. The van der Waals surface area contributed by atoms with E-state index in [-0.39, 0.29) is 5.91 Å². The van der Waals surface area contributed by atoms with Crippen LogP contribution in [0.3, 0.4) is 0 Å². The summed E-state index contributed by atoms with van der Waals surface area (Å²) in [6.45, 7) is 8.13. The molecule has 0 bridgehead atoms. The van der Waals surface area contributed by atoms with E-state index in [1.165, 1.54) is 11.1 Å². The lowest BCUT2D eigenvalue weighted by molar-refractivity contribution is -0.111. The molecule has 36 heavy (non-hydrogen) atoms. The Morgan fingerprint density at radius 1 is 0.917 bits per heavy atom. The molecule has 0 saturated carbocycles. The van der Waals surface area contributed by atoms with Gasteiger partial charge in [-0.15, -0.1) is 0 Å². The zero-order chi connectivity index (χ0) is 25.4. The maximum absolute atomic E-state index is 13.1. The first kappa shape index (κ1) is 23.4. The normalized spacial score (nSPS) is 11.8. The monoisotopic (exact) mass is 475 g/mol. The molecular weight excluding hydrogens is 446 g/mol. The average molecular weight is 476 g/mol. The Labute approximate surface area is 211 Å². The second kappa shape index (κ2) is 9.38. The highest BCUT2D eigenvalue weighted by atomic mass is 16.5. The van der Waals surface area contributed by atoms with E-state index in [0.29, 0.717) is 5.75 Å². The highest BCUT2D eigenvalue weighted by Crippen LogP contribution is 2.41. The SMILES string of the molecule is COc1c(/C(C)=C/C(=O)Nc2cccc3ccccc23)cc2c(-c3ccc(C)cc3C)coc2c1C. The number of benzene rings is 4. The van der Waals surface area contributed by atoms with Gasteiger partial charge in [-0.25, -0.2) is 0 Å². The minimum Gasteiger partial charge on any atom is -0.496 e.